The molecule has 0 unspecified atom stereocenters. The summed E-state index contributed by atoms with van der Waals surface area (Å²) in [6.45, 7) is 0.466. The van der Waals surface area contributed by atoms with Crippen molar-refractivity contribution in [2.45, 2.75) is 12.6 Å². The highest BCUT2D eigenvalue weighted by molar-refractivity contribution is 5.98. The fourth-order valence-electron chi connectivity index (χ4n) is 4.44. The monoisotopic (exact) mass is 471 g/mol. The van der Waals surface area contributed by atoms with E-state index in [2.05, 4.69) is 21.8 Å². The van der Waals surface area contributed by atoms with Crippen molar-refractivity contribution in [2.24, 2.45) is 7.05 Å². The molecule has 0 fully saturated rings. The minimum Gasteiger partial charge on any atom is -0.332 e. The molecule has 4 aromatic rings. The van der Waals surface area contributed by atoms with Gasteiger partial charge < -0.3 is 10.2 Å². The Morgan fingerprint density at radius 2 is 1.89 bits per heavy atom. The Bertz CT molecular complexity index is 1450. The Labute approximate surface area is 200 Å². The molecule has 9 heteroatoms. The SMILES string of the molecule is Cn1ncc2cc(-c3ccc([C@H](CN4Cc5ccc(F)cc5C4=O)NC(=O)NC=O)cc3)ccc21. The summed E-state index contributed by atoms with van der Waals surface area (Å²) in [5, 5.41) is 10.1. The zero-order chi connectivity index (χ0) is 24.5. The molecule has 3 aromatic carbocycles. The number of nitrogens with zero attached hydrogens (tertiary/aromatic N) is 3. The molecule has 0 saturated carbocycles. The zero-order valence-electron chi connectivity index (χ0n) is 18.9. The van der Waals surface area contributed by atoms with E-state index in [1.54, 1.807) is 11.0 Å². The molecule has 0 saturated heterocycles. The second-order valence-corrected chi connectivity index (χ2v) is 8.44. The highest BCUT2D eigenvalue weighted by atomic mass is 19.1. The van der Waals surface area contributed by atoms with Crippen LogP contribution in [0.5, 0.6) is 0 Å². The number of benzene rings is 3. The second kappa shape index (κ2) is 9.02. The van der Waals surface area contributed by atoms with E-state index in [4.69, 9.17) is 0 Å². The highest BCUT2D eigenvalue weighted by Crippen LogP contribution is 2.28. The van der Waals surface area contributed by atoms with Crippen molar-refractivity contribution in [3.05, 3.63) is 89.4 Å². The van der Waals surface area contributed by atoms with Crippen LogP contribution < -0.4 is 10.6 Å². The van der Waals surface area contributed by atoms with Crippen LogP contribution in [0.25, 0.3) is 22.0 Å². The van der Waals surface area contributed by atoms with E-state index < -0.39 is 17.9 Å². The van der Waals surface area contributed by atoms with Crippen molar-refractivity contribution >= 4 is 29.3 Å². The summed E-state index contributed by atoms with van der Waals surface area (Å²) in [6, 6.07) is 16.6. The minimum atomic E-state index is -0.675. The number of hydrogen-bond donors (Lipinski definition) is 2. The number of rotatable bonds is 6. The van der Waals surface area contributed by atoms with E-state index in [0.29, 0.717) is 18.5 Å². The van der Waals surface area contributed by atoms with E-state index in [1.165, 1.54) is 12.1 Å². The number of carbonyl (C=O) groups excluding carboxylic acids is 3. The number of aryl methyl sites for hydroxylation is 1. The Balaban J connectivity index is 1.40. The van der Waals surface area contributed by atoms with Crippen LogP contribution >= 0.6 is 0 Å². The molecular formula is C26H22FN5O3. The summed E-state index contributed by atoms with van der Waals surface area (Å²) < 4.78 is 15.5. The normalized spacial score (nSPS) is 13.5. The van der Waals surface area contributed by atoms with Gasteiger partial charge in [-0.1, -0.05) is 36.4 Å². The number of imide groups is 1. The number of hydrogen-bond acceptors (Lipinski definition) is 4. The van der Waals surface area contributed by atoms with Gasteiger partial charge in [0.15, 0.2) is 0 Å². The van der Waals surface area contributed by atoms with Gasteiger partial charge in [-0.2, -0.15) is 5.10 Å². The molecule has 1 aliphatic heterocycles. The molecule has 0 radical (unpaired) electrons. The summed E-state index contributed by atoms with van der Waals surface area (Å²) in [4.78, 5) is 37.3. The van der Waals surface area contributed by atoms with Crippen molar-refractivity contribution in [3.8, 4) is 11.1 Å². The largest absolute Gasteiger partial charge is 0.332 e. The average molecular weight is 471 g/mol. The van der Waals surface area contributed by atoms with Crippen LogP contribution in [0.1, 0.15) is 27.5 Å². The van der Waals surface area contributed by atoms with Gasteiger partial charge in [-0.25, -0.2) is 9.18 Å². The maximum atomic E-state index is 13.6. The van der Waals surface area contributed by atoms with E-state index in [0.717, 1.165) is 33.2 Å². The third kappa shape index (κ3) is 4.35. The van der Waals surface area contributed by atoms with Crippen LogP contribution in [0.15, 0.2) is 66.9 Å². The minimum absolute atomic E-state index is 0.155. The van der Waals surface area contributed by atoms with Crippen LogP contribution in [0.2, 0.25) is 0 Å². The summed E-state index contributed by atoms with van der Waals surface area (Å²) in [7, 11) is 1.89. The third-order valence-corrected chi connectivity index (χ3v) is 6.24. The Hall–Kier alpha value is -4.53. The van der Waals surface area contributed by atoms with Crippen LogP contribution in [0.3, 0.4) is 0 Å². The summed E-state index contributed by atoms with van der Waals surface area (Å²) in [5.41, 5.74) is 4.85. The first-order valence-electron chi connectivity index (χ1n) is 11.0. The fourth-order valence-corrected chi connectivity index (χ4v) is 4.44. The first-order valence-corrected chi connectivity index (χ1v) is 11.0. The molecule has 2 heterocycles. The van der Waals surface area contributed by atoms with Crippen molar-refractivity contribution in [1.29, 1.82) is 0 Å². The quantitative estimate of drug-likeness (QED) is 0.421. The Kier molecular flexibility index (Phi) is 5.74. The van der Waals surface area contributed by atoms with Gasteiger partial charge in [-0.05, 0) is 46.5 Å². The van der Waals surface area contributed by atoms with Crippen LogP contribution in [0.4, 0.5) is 9.18 Å². The summed E-state index contributed by atoms with van der Waals surface area (Å²) in [6.07, 6.45) is 2.11. The van der Waals surface area contributed by atoms with Crippen molar-refractivity contribution in [2.75, 3.05) is 6.54 Å². The van der Waals surface area contributed by atoms with Crippen LogP contribution in [0, 0.1) is 5.82 Å². The van der Waals surface area contributed by atoms with E-state index in [9.17, 15) is 18.8 Å². The molecule has 35 heavy (non-hydrogen) atoms. The van der Waals surface area contributed by atoms with Gasteiger partial charge >= 0.3 is 6.03 Å². The van der Waals surface area contributed by atoms with Gasteiger partial charge in [0.25, 0.3) is 5.91 Å². The van der Waals surface area contributed by atoms with Gasteiger partial charge in [0, 0.05) is 31.1 Å². The van der Waals surface area contributed by atoms with Gasteiger partial charge in [0.05, 0.1) is 17.8 Å². The van der Waals surface area contributed by atoms with Gasteiger partial charge in [0.1, 0.15) is 5.82 Å². The van der Waals surface area contributed by atoms with Gasteiger partial charge in [0.2, 0.25) is 6.41 Å². The number of urea groups is 1. The molecule has 0 bridgehead atoms. The second-order valence-electron chi connectivity index (χ2n) is 8.44. The fraction of sp³-hybridized carbons (Fsp3) is 0.154. The summed E-state index contributed by atoms with van der Waals surface area (Å²) in [5.74, 6) is -0.775. The van der Waals surface area contributed by atoms with Gasteiger partial charge in [-0.3, -0.25) is 19.6 Å². The molecule has 2 N–H and O–H groups in total. The lowest BCUT2D eigenvalue weighted by Crippen LogP contribution is -2.42. The predicted octanol–water partition coefficient (Wildman–Crippen LogP) is 3.53. The Morgan fingerprint density at radius 1 is 1.11 bits per heavy atom. The first-order chi connectivity index (χ1) is 16.9. The zero-order valence-corrected chi connectivity index (χ0v) is 18.9. The number of amides is 4. The van der Waals surface area contributed by atoms with Crippen molar-refractivity contribution < 1.29 is 18.8 Å². The molecule has 176 valence electrons. The number of aromatic nitrogens is 2. The van der Waals surface area contributed by atoms with E-state index >= 15 is 0 Å². The van der Waals surface area contributed by atoms with Crippen molar-refractivity contribution in [3.63, 3.8) is 0 Å². The predicted molar refractivity (Wildman–Crippen MR) is 128 cm³/mol. The summed E-state index contributed by atoms with van der Waals surface area (Å²) >= 11 is 0. The maximum absolute atomic E-state index is 13.6. The van der Waals surface area contributed by atoms with E-state index in [1.807, 2.05) is 54.3 Å². The number of nitrogens with one attached hydrogen (secondary N) is 2. The third-order valence-electron chi connectivity index (χ3n) is 6.24. The topological polar surface area (TPSA) is 96.3 Å². The molecule has 0 spiro atoms. The molecule has 4 amide bonds. The maximum Gasteiger partial charge on any atom is 0.321 e. The lowest BCUT2D eigenvalue weighted by atomic mass is 9.99. The molecule has 8 nitrogen and oxygen atoms in total. The molecular weight excluding hydrogens is 449 g/mol. The number of carbonyl (C=O) groups is 3. The number of halogens is 1. The Morgan fingerprint density at radius 3 is 2.66 bits per heavy atom. The molecule has 0 aliphatic carbocycles. The highest BCUT2D eigenvalue weighted by Gasteiger charge is 2.30. The van der Waals surface area contributed by atoms with E-state index in [-0.39, 0.29) is 12.5 Å². The molecule has 1 atom stereocenters. The van der Waals surface area contributed by atoms with Crippen LogP contribution in [-0.2, 0) is 18.4 Å². The molecule has 1 aliphatic rings. The van der Waals surface area contributed by atoms with Crippen molar-refractivity contribution in [1.82, 2.24) is 25.3 Å². The van der Waals surface area contributed by atoms with Crippen LogP contribution in [-0.4, -0.2) is 39.6 Å². The first kappa shape index (κ1) is 22.3. The lowest BCUT2D eigenvalue weighted by Gasteiger charge is -2.25. The van der Waals surface area contributed by atoms with Gasteiger partial charge in [-0.15, -0.1) is 0 Å². The number of fused-ring (bicyclic) bond motifs is 2. The smallest absolute Gasteiger partial charge is 0.321 e. The lowest BCUT2D eigenvalue weighted by molar-refractivity contribution is -0.108. The standard InChI is InChI=1S/C26H22FN5O3/c1-31-24-9-7-18(10-20(24)12-29-31)16-2-4-17(5-3-16)23(30-26(35)28-15-33)14-32-13-19-6-8-21(27)11-22(19)25(32)34/h2-12,15,23H,13-14H2,1H3,(H2,28,30,33,35)/t23-/m0/s1. The average Bonchev–Trinajstić information content (AvgIpc) is 3.38. The molecule has 1 aromatic heterocycles. The molecule has 5 rings (SSSR count).